The molecular formula is C13H15N3S. The van der Waals surface area contributed by atoms with E-state index in [0.717, 1.165) is 0 Å². The lowest BCUT2D eigenvalue weighted by atomic mass is 10.1. The molecule has 0 saturated carbocycles. The molecule has 17 heavy (non-hydrogen) atoms. The molecule has 3 nitrogen and oxygen atoms in total. The van der Waals surface area contributed by atoms with Crippen LogP contribution in [0.5, 0.6) is 0 Å². The first-order valence-corrected chi connectivity index (χ1v) is 6.39. The maximum atomic E-state index is 9.10. The lowest BCUT2D eigenvalue weighted by Gasteiger charge is -2.23. The summed E-state index contributed by atoms with van der Waals surface area (Å²) in [4.78, 5) is 1.23. The first-order valence-electron chi connectivity index (χ1n) is 5.51. The average Bonchev–Trinajstić information content (AvgIpc) is 2.89. The number of aromatic nitrogens is 1. The van der Waals surface area contributed by atoms with Gasteiger partial charge >= 0.3 is 0 Å². The summed E-state index contributed by atoms with van der Waals surface area (Å²) in [6, 6.07) is 8.00. The normalized spacial score (nSPS) is 14.2. The molecule has 2 unspecified atom stereocenters. The van der Waals surface area contributed by atoms with Gasteiger partial charge in [0.05, 0.1) is 6.04 Å². The Morgan fingerprint density at radius 3 is 2.76 bits per heavy atom. The quantitative estimate of drug-likeness (QED) is 0.903. The van der Waals surface area contributed by atoms with Gasteiger partial charge in [0, 0.05) is 17.1 Å². The third-order valence-corrected chi connectivity index (χ3v) is 3.95. The van der Waals surface area contributed by atoms with Crippen molar-refractivity contribution in [2.75, 3.05) is 0 Å². The minimum absolute atomic E-state index is 0.0353. The summed E-state index contributed by atoms with van der Waals surface area (Å²) in [5.41, 5.74) is 7.97. The SMILES string of the molecule is Cc1ccsc1C(C(C)N)n1cccc1C#N. The molecule has 0 bridgehead atoms. The van der Waals surface area contributed by atoms with E-state index in [4.69, 9.17) is 11.0 Å². The van der Waals surface area contributed by atoms with Crippen LogP contribution in [0.3, 0.4) is 0 Å². The summed E-state index contributed by atoms with van der Waals surface area (Å²) in [6.45, 7) is 4.06. The molecule has 2 heterocycles. The Kier molecular flexibility index (Phi) is 3.32. The van der Waals surface area contributed by atoms with Gasteiger partial charge in [0.25, 0.3) is 0 Å². The molecule has 0 spiro atoms. The van der Waals surface area contributed by atoms with Gasteiger partial charge in [0.2, 0.25) is 0 Å². The van der Waals surface area contributed by atoms with E-state index in [1.54, 1.807) is 11.3 Å². The monoisotopic (exact) mass is 245 g/mol. The fourth-order valence-electron chi connectivity index (χ4n) is 2.04. The van der Waals surface area contributed by atoms with E-state index in [-0.39, 0.29) is 12.1 Å². The van der Waals surface area contributed by atoms with Crippen LogP contribution in [0.15, 0.2) is 29.8 Å². The molecule has 0 saturated heterocycles. The second-order valence-corrected chi connectivity index (χ2v) is 5.13. The van der Waals surface area contributed by atoms with Crippen LogP contribution in [-0.4, -0.2) is 10.6 Å². The van der Waals surface area contributed by atoms with Crippen LogP contribution in [-0.2, 0) is 0 Å². The number of thiophene rings is 1. The smallest absolute Gasteiger partial charge is 0.120 e. The first-order chi connectivity index (χ1) is 8.15. The summed E-state index contributed by atoms with van der Waals surface area (Å²) in [6.07, 6.45) is 1.92. The molecule has 2 N–H and O–H groups in total. The van der Waals surface area contributed by atoms with Gasteiger partial charge in [-0.1, -0.05) is 0 Å². The molecule has 0 radical (unpaired) electrons. The van der Waals surface area contributed by atoms with Crippen molar-refractivity contribution in [2.24, 2.45) is 5.73 Å². The summed E-state index contributed by atoms with van der Waals surface area (Å²) in [7, 11) is 0. The zero-order valence-corrected chi connectivity index (χ0v) is 10.7. The number of hydrogen-bond donors (Lipinski definition) is 1. The van der Waals surface area contributed by atoms with Gasteiger partial charge in [-0.25, -0.2) is 0 Å². The zero-order valence-electron chi connectivity index (χ0n) is 9.92. The van der Waals surface area contributed by atoms with E-state index in [0.29, 0.717) is 5.69 Å². The van der Waals surface area contributed by atoms with Crippen LogP contribution in [0.4, 0.5) is 0 Å². The predicted molar refractivity (Wildman–Crippen MR) is 70.0 cm³/mol. The van der Waals surface area contributed by atoms with Crippen molar-refractivity contribution >= 4 is 11.3 Å². The van der Waals surface area contributed by atoms with E-state index in [1.807, 2.05) is 29.8 Å². The molecule has 2 atom stereocenters. The molecule has 2 aromatic heterocycles. The van der Waals surface area contributed by atoms with Gasteiger partial charge in [-0.3, -0.25) is 0 Å². The Morgan fingerprint density at radius 1 is 1.47 bits per heavy atom. The van der Waals surface area contributed by atoms with Crippen LogP contribution in [0.1, 0.15) is 29.1 Å². The van der Waals surface area contributed by atoms with Gasteiger partial charge in [-0.2, -0.15) is 5.26 Å². The van der Waals surface area contributed by atoms with Gasteiger partial charge in [-0.15, -0.1) is 11.3 Å². The third kappa shape index (κ3) is 2.12. The summed E-state index contributed by atoms with van der Waals surface area (Å²) < 4.78 is 1.96. The molecule has 0 aliphatic carbocycles. The highest BCUT2D eigenvalue weighted by atomic mass is 32.1. The second-order valence-electron chi connectivity index (χ2n) is 4.18. The second kappa shape index (κ2) is 4.74. The van der Waals surface area contributed by atoms with Crippen LogP contribution in [0.25, 0.3) is 0 Å². The van der Waals surface area contributed by atoms with Crippen molar-refractivity contribution in [2.45, 2.75) is 25.9 Å². The summed E-state index contributed by atoms with van der Waals surface area (Å²) in [5.74, 6) is 0. The van der Waals surface area contributed by atoms with Gasteiger partial charge < -0.3 is 10.3 Å². The van der Waals surface area contributed by atoms with Gasteiger partial charge in [0.15, 0.2) is 0 Å². The number of nitrogens with two attached hydrogens (primary N) is 1. The standard InChI is InChI=1S/C13H15N3S/c1-9-5-7-17-13(9)12(10(2)15)16-6-3-4-11(16)8-14/h3-7,10,12H,15H2,1-2H3. The van der Waals surface area contributed by atoms with Crippen molar-refractivity contribution < 1.29 is 0 Å². The third-order valence-electron chi connectivity index (χ3n) is 2.86. The molecule has 2 aromatic rings. The topological polar surface area (TPSA) is 54.7 Å². The minimum Gasteiger partial charge on any atom is -0.330 e. The van der Waals surface area contributed by atoms with E-state index in [2.05, 4.69) is 24.4 Å². The number of aryl methyl sites for hydroxylation is 1. The molecule has 0 aromatic carbocycles. The highest BCUT2D eigenvalue weighted by Crippen LogP contribution is 2.30. The number of hydrogen-bond acceptors (Lipinski definition) is 3. The minimum atomic E-state index is -0.0353. The molecule has 0 fully saturated rings. The van der Waals surface area contributed by atoms with Gasteiger partial charge in [-0.05, 0) is 43.0 Å². The molecule has 88 valence electrons. The highest BCUT2D eigenvalue weighted by Gasteiger charge is 2.22. The van der Waals surface area contributed by atoms with Crippen LogP contribution >= 0.6 is 11.3 Å². The summed E-state index contributed by atoms with van der Waals surface area (Å²) >= 11 is 1.69. The van der Waals surface area contributed by atoms with Crippen molar-refractivity contribution in [3.05, 3.63) is 45.9 Å². The Bertz CT molecular complexity index is 545. The fraction of sp³-hybridized carbons (Fsp3) is 0.308. The van der Waals surface area contributed by atoms with Crippen LogP contribution in [0.2, 0.25) is 0 Å². The van der Waals surface area contributed by atoms with Crippen LogP contribution in [0, 0.1) is 18.3 Å². The van der Waals surface area contributed by atoms with E-state index >= 15 is 0 Å². The van der Waals surface area contributed by atoms with Crippen molar-refractivity contribution in [3.63, 3.8) is 0 Å². The number of rotatable bonds is 3. The number of nitrogens with zero attached hydrogens (tertiary/aromatic N) is 2. The predicted octanol–water partition coefficient (Wildman–Crippen LogP) is 2.67. The Balaban J connectivity index is 2.51. The molecule has 4 heteroatoms. The van der Waals surface area contributed by atoms with Crippen molar-refractivity contribution in [3.8, 4) is 6.07 Å². The maximum Gasteiger partial charge on any atom is 0.120 e. The van der Waals surface area contributed by atoms with E-state index in [9.17, 15) is 0 Å². The van der Waals surface area contributed by atoms with E-state index in [1.165, 1.54) is 10.4 Å². The maximum absolute atomic E-state index is 9.10. The number of nitriles is 1. The van der Waals surface area contributed by atoms with Gasteiger partial charge in [0.1, 0.15) is 11.8 Å². The van der Waals surface area contributed by atoms with Crippen LogP contribution < -0.4 is 5.73 Å². The zero-order chi connectivity index (χ0) is 12.4. The van der Waals surface area contributed by atoms with Crippen molar-refractivity contribution in [1.82, 2.24) is 4.57 Å². The summed E-state index contributed by atoms with van der Waals surface area (Å²) in [5, 5.41) is 11.2. The Morgan fingerprint density at radius 2 is 2.24 bits per heavy atom. The molecule has 0 aliphatic rings. The molecular weight excluding hydrogens is 230 g/mol. The Hall–Kier alpha value is -1.57. The lowest BCUT2D eigenvalue weighted by molar-refractivity contribution is 0.500. The van der Waals surface area contributed by atoms with E-state index < -0.39 is 0 Å². The average molecular weight is 245 g/mol. The fourth-order valence-corrected chi connectivity index (χ4v) is 3.18. The highest BCUT2D eigenvalue weighted by molar-refractivity contribution is 7.10. The molecule has 2 rings (SSSR count). The molecule has 0 aliphatic heterocycles. The largest absolute Gasteiger partial charge is 0.330 e. The first kappa shape index (κ1) is 11.9. The Labute approximate surface area is 105 Å². The molecule has 0 amide bonds. The lowest BCUT2D eigenvalue weighted by Crippen LogP contribution is -2.30. The van der Waals surface area contributed by atoms with Crippen molar-refractivity contribution in [1.29, 1.82) is 5.26 Å².